The molecule has 1 heterocycles. The van der Waals surface area contributed by atoms with E-state index in [2.05, 4.69) is 12.1 Å². The molecule has 1 aliphatic rings. The quantitative estimate of drug-likeness (QED) is 0.450. The molecule has 0 aliphatic carbocycles. The number of benzene rings is 1. The molecule has 0 spiro atoms. The van der Waals surface area contributed by atoms with Crippen LogP contribution in [0.4, 0.5) is 0 Å². The first-order chi connectivity index (χ1) is 8.77. The van der Waals surface area contributed by atoms with Crippen LogP contribution in [-0.2, 0) is 9.59 Å². The molecule has 1 aromatic rings. The number of imide groups is 1. The highest BCUT2D eigenvalue weighted by Crippen LogP contribution is 2.19. The smallest absolute Gasteiger partial charge is 0.229 e. The molecule has 0 saturated carbocycles. The van der Waals surface area contributed by atoms with Gasteiger partial charge in [0.2, 0.25) is 11.8 Å². The molecule has 1 aromatic carbocycles. The summed E-state index contributed by atoms with van der Waals surface area (Å²) in [6.45, 7) is 0.590. The molecule has 18 heavy (non-hydrogen) atoms. The van der Waals surface area contributed by atoms with E-state index in [9.17, 15) is 9.59 Å². The Labute approximate surface area is 112 Å². The number of hydrogen-bond donors (Lipinski definition) is 0. The standard InChI is InChI=1S/C14H17NO2S/c16-13-8-9-14(17)15(13)10-4-5-11-18-12-6-2-1-3-7-12/h1-3,6-7H,4-5,8-11H2. The van der Waals surface area contributed by atoms with Crippen LogP contribution in [0.15, 0.2) is 35.2 Å². The minimum absolute atomic E-state index is 0.00397. The van der Waals surface area contributed by atoms with Crippen molar-refractivity contribution < 1.29 is 9.59 Å². The second-order valence-electron chi connectivity index (χ2n) is 4.31. The van der Waals surface area contributed by atoms with Crippen molar-refractivity contribution in [2.75, 3.05) is 12.3 Å². The molecule has 0 N–H and O–H groups in total. The van der Waals surface area contributed by atoms with Crippen LogP contribution in [0.3, 0.4) is 0 Å². The first-order valence-electron chi connectivity index (χ1n) is 6.28. The third-order valence-corrected chi connectivity index (χ3v) is 4.04. The van der Waals surface area contributed by atoms with E-state index in [-0.39, 0.29) is 11.8 Å². The van der Waals surface area contributed by atoms with Crippen molar-refractivity contribution in [1.29, 1.82) is 0 Å². The lowest BCUT2D eigenvalue weighted by atomic mass is 10.3. The van der Waals surface area contributed by atoms with E-state index in [1.165, 1.54) is 9.80 Å². The van der Waals surface area contributed by atoms with Crippen molar-refractivity contribution in [2.45, 2.75) is 30.6 Å². The van der Waals surface area contributed by atoms with Gasteiger partial charge >= 0.3 is 0 Å². The van der Waals surface area contributed by atoms with Crippen molar-refractivity contribution in [1.82, 2.24) is 4.90 Å². The molecule has 2 rings (SSSR count). The summed E-state index contributed by atoms with van der Waals surface area (Å²) in [6.07, 6.45) is 2.73. The van der Waals surface area contributed by atoms with E-state index in [1.54, 1.807) is 0 Å². The molecule has 0 radical (unpaired) electrons. The molecule has 2 amide bonds. The lowest BCUT2D eigenvalue weighted by molar-refractivity contribution is -0.138. The topological polar surface area (TPSA) is 37.4 Å². The van der Waals surface area contributed by atoms with E-state index in [0.717, 1.165) is 18.6 Å². The van der Waals surface area contributed by atoms with Gasteiger partial charge in [-0.2, -0.15) is 0 Å². The first-order valence-corrected chi connectivity index (χ1v) is 7.27. The van der Waals surface area contributed by atoms with Gasteiger partial charge in [-0.3, -0.25) is 14.5 Å². The zero-order chi connectivity index (χ0) is 12.8. The third-order valence-electron chi connectivity index (χ3n) is 2.94. The number of hydrogen-bond acceptors (Lipinski definition) is 3. The van der Waals surface area contributed by atoms with Gasteiger partial charge in [0, 0.05) is 24.3 Å². The maximum Gasteiger partial charge on any atom is 0.229 e. The van der Waals surface area contributed by atoms with Crippen molar-refractivity contribution in [3.63, 3.8) is 0 Å². The average Bonchev–Trinajstić information content (AvgIpc) is 2.71. The Hall–Kier alpha value is -1.29. The van der Waals surface area contributed by atoms with E-state index < -0.39 is 0 Å². The van der Waals surface area contributed by atoms with Gasteiger partial charge in [-0.05, 0) is 30.7 Å². The van der Waals surface area contributed by atoms with Gasteiger partial charge in [0.05, 0.1) is 0 Å². The number of amides is 2. The molecule has 0 aromatic heterocycles. The maximum absolute atomic E-state index is 11.4. The van der Waals surface area contributed by atoms with Gasteiger partial charge in [0.1, 0.15) is 0 Å². The molecule has 1 saturated heterocycles. The van der Waals surface area contributed by atoms with Gasteiger partial charge in [-0.1, -0.05) is 18.2 Å². The molecular weight excluding hydrogens is 246 g/mol. The third kappa shape index (κ3) is 3.60. The fourth-order valence-corrected chi connectivity index (χ4v) is 2.88. The molecule has 1 fully saturated rings. The number of likely N-dealkylation sites (tertiary alicyclic amines) is 1. The van der Waals surface area contributed by atoms with Crippen LogP contribution < -0.4 is 0 Å². The van der Waals surface area contributed by atoms with Crippen LogP contribution in [0.25, 0.3) is 0 Å². The molecule has 1 aliphatic heterocycles. The summed E-state index contributed by atoms with van der Waals surface area (Å²) in [7, 11) is 0. The second kappa shape index (κ2) is 6.59. The molecule has 0 atom stereocenters. The number of carbonyl (C=O) groups excluding carboxylic acids is 2. The summed E-state index contributed by atoms with van der Waals surface area (Å²) in [5, 5.41) is 0. The highest BCUT2D eigenvalue weighted by Gasteiger charge is 2.27. The van der Waals surface area contributed by atoms with E-state index in [1.807, 2.05) is 30.0 Å². The van der Waals surface area contributed by atoms with Crippen molar-refractivity contribution in [3.05, 3.63) is 30.3 Å². The number of thioether (sulfide) groups is 1. The predicted molar refractivity (Wildman–Crippen MR) is 72.4 cm³/mol. The Bertz CT molecular complexity index is 403. The largest absolute Gasteiger partial charge is 0.283 e. The highest BCUT2D eigenvalue weighted by atomic mass is 32.2. The fourth-order valence-electron chi connectivity index (χ4n) is 1.95. The molecule has 3 nitrogen and oxygen atoms in total. The van der Waals surface area contributed by atoms with Crippen LogP contribution >= 0.6 is 11.8 Å². The fraction of sp³-hybridized carbons (Fsp3) is 0.429. The van der Waals surface area contributed by atoms with Crippen molar-refractivity contribution in [3.8, 4) is 0 Å². The number of carbonyl (C=O) groups is 2. The number of unbranched alkanes of at least 4 members (excludes halogenated alkanes) is 1. The molecule has 0 bridgehead atoms. The average molecular weight is 263 g/mol. The lowest BCUT2D eigenvalue weighted by Gasteiger charge is -2.12. The van der Waals surface area contributed by atoms with Crippen LogP contribution in [0.2, 0.25) is 0 Å². The Morgan fingerprint density at radius 2 is 1.67 bits per heavy atom. The summed E-state index contributed by atoms with van der Waals surface area (Å²) in [5.41, 5.74) is 0. The lowest BCUT2D eigenvalue weighted by Crippen LogP contribution is -2.30. The maximum atomic E-state index is 11.4. The zero-order valence-electron chi connectivity index (χ0n) is 10.3. The van der Waals surface area contributed by atoms with Crippen molar-refractivity contribution in [2.24, 2.45) is 0 Å². The molecule has 96 valence electrons. The molecular formula is C14H17NO2S. The monoisotopic (exact) mass is 263 g/mol. The first kappa shape index (κ1) is 13.1. The Morgan fingerprint density at radius 1 is 1.00 bits per heavy atom. The summed E-state index contributed by atoms with van der Waals surface area (Å²) < 4.78 is 0. The Kier molecular flexibility index (Phi) is 4.81. The van der Waals surface area contributed by atoms with E-state index in [0.29, 0.717) is 19.4 Å². The predicted octanol–water partition coefficient (Wildman–Crippen LogP) is 2.71. The Morgan fingerprint density at radius 3 is 2.33 bits per heavy atom. The van der Waals surface area contributed by atoms with Crippen LogP contribution in [-0.4, -0.2) is 29.0 Å². The van der Waals surface area contributed by atoms with E-state index >= 15 is 0 Å². The Balaban J connectivity index is 1.62. The SMILES string of the molecule is O=C1CCC(=O)N1CCCCSc1ccccc1. The highest BCUT2D eigenvalue weighted by molar-refractivity contribution is 7.99. The van der Waals surface area contributed by atoms with Crippen LogP contribution in [0, 0.1) is 0 Å². The van der Waals surface area contributed by atoms with Gasteiger partial charge in [0.15, 0.2) is 0 Å². The van der Waals surface area contributed by atoms with Crippen molar-refractivity contribution >= 4 is 23.6 Å². The van der Waals surface area contributed by atoms with Crippen LogP contribution in [0.5, 0.6) is 0 Å². The molecule has 0 unspecified atom stereocenters. The zero-order valence-corrected chi connectivity index (χ0v) is 11.1. The normalized spacial score (nSPS) is 15.4. The van der Waals surface area contributed by atoms with Gasteiger partial charge in [-0.15, -0.1) is 11.8 Å². The number of nitrogens with zero attached hydrogens (tertiary/aromatic N) is 1. The minimum Gasteiger partial charge on any atom is -0.283 e. The molecule has 4 heteroatoms. The second-order valence-corrected chi connectivity index (χ2v) is 5.48. The number of rotatable bonds is 6. The van der Waals surface area contributed by atoms with Gasteiger partial charge in [0.25, 0.3) is 0 Å². The van der Waals surface area contributed by atoms with Gasteiger partial charge < -0.3 is 0 Å². The summed E-state index contributed by atoms with van der Waals surface area (Å²) in [4.78, 5) is 25.4. The minimum atomic E-state index is -0.00397. The van der Waals surface area contributed by atoms with E-state index in [4.69, 9.17) is 0 Å². The summed E-state index contributed by atoms with van der Waals surface area (Å²) >= 11 is 1.82. The summed E-state index contributed by atoms with van der Waals surface area (Å²) in [5.74, 6) is 1.02. The summed E-state index contributed by atoms with van der Waals surface area (Å²) in [6, 6.07) is 10.3. The van der Waals surface area contributed by atoms with Gasteiger partial charge in [-0.25, -0.2) is 0 Å². The van der Waals surface area contributed by atoms with Crippen LogP contribution in [0.1, 0.15) is 25.7 Å².